The minimum absolute atomic E-state index is 0.158. The highest BCUT2D eigenvalue weighted by molar-refractivity contribution is 8.35. The van der Waals surface area contributed by atoms with E-state index < -0.39 is 10.0 Å². The average Bonchev–Trinajstić information content (AvgIpc) is 2.71. The molecular weight excluding hydrogens is 348 g/mol. The van der Waals surface area contributed by atoms with Crippen LogP contribution < -0.4 is 0 Å². The molecule has 2 aromatic carbocycles. The van der Waals surface area contributed by atoms with Crippen molar-refractivity contribution >= 4 is 16.1 Å². The molecule has 0 aliphatic carbocycles. The van der Waals surface area contributed by atoms with Gasteiger partial charge in [-0.25, -0.2) is 0 Å². The lowest BCUT2D eigenvalue weighted by molar-refractivity contribution is 0.300. The van der Waals surface area contributed by atoms with Crippen LogP contribution in [0.4, 0.5) is 0 Å². The summed E-state index contributed by atoms with van der Waals surface area (Å²) in [5, 5.41) is 11.7. The summed E-state index contributed by atoms with van der Waals surface area (Å²) < 4.78 is 0. The molecule has 1 aliphatic rings. The molecule has 1 N–H and O–H groups in total. The third kappa shape index (κ3) is 4.28. The Morgan fingerprint density at radius 2 is 1.63 bits per heavy atom. The van der Waals surface area contributed by atoms with Gasteiger partial charge in [0, 0.05) is 11.5 Å². The van der Waals surface area contributed by atoms with Crippen LogP contribution in [0.3, 0.4) is 0 Å². The molecular formula is C25H30OS. The highest BCUT2D eigenvalue weighted by Gasteiger charge is 2.24. The van der Waals surface area contributed by atoms with Gasteiger partial charge in [-0.3, -0.25) is 0 Å². The second-order valence-corrected chi connectivity index (χ2v) is 11.3. The van der Waals surface area contributed by atoms with Crippen molar-refractivity contribution < 1.29 is 5.11 Å². The van der Waals surface area contributed by atoms with Gasteiger partial charge in [-0.2, -0.15) is 10.0 Å². The van der Waals surface area contributed by atoms with Crippen molar-refractivity contribution in [3.05, 3.63) is 88.9 Å². The molecule has 1 aliphatic heterocycles. The fraction of sp³-hybridized carbons (Fsp3) is 0.280. The molecule has 0 spiro atoms. The molecule has 0 aromatic heterocycles. The summed E-state index contributed by atoms with van der Waals surface area (Å²) in [5.74, 6) is 0. The average molecular weight is 379 g/mol. The van der Waals surface area contributed by atoms with Crippen molar-refractivity contribution in [3.63, 3.8) is 0 Å². The topological polar surface area (TPSA) is 20.2 Å². The van der Waals surface area contributed by atoms with Gasteiger partial charge in [0.2, 0.25) is 0 Å². The summed E-state index contributed by atoms with van der Waals surface area (Å²) in [6.07, 6.45) is 11.7. The van der Waals surface area contributed by atoms with Crippen LogP contribution in [0.15, 0.2) is 87.5 Å². The van der Waals surface area contributed by atoms with Gasteiger partial charge in [-0.15, -0.1) is 0 Å². The van der Waals surface area contributed by atoms with Crippen LogP contribution in [0.1, 0.15) is 38.3 Å². The number of fused-ring (bicyclic) bond motifs is 1. The number of benzene rings is 2. The van der Waals surface area contributed by atoms with E-state index in [4.69, 9.17) is 0 Å². The van der Waals surface area contributed by atoms with Crippen molar-refractivity contribution in [1.29, 1.82) is 0 Å². The van der Waals surface area contributed by atoms with Crippen LogP contribution in [0.5, 0.6) is 0 Å². The first-order valence-electron chi connectivity index (χ1n) is 9.49. The number of rotatable bonds is 3. The number of hydrogen-bond acceptors (Lipinski definition) is 1. The van der Waals surface area contributed by atoms with E-state index in [2.05, 4.69) is 105 Å². The van der Waals surface area contributed by atoms with Gasteiger partial charge >= 0.3 is 0 Å². The van der Waals surface area contributed by atoms with E-state index in [-0.39, 0.29) is 12.0 Å². The summed E-state index contributed by atoms with van der Waals surface area (Å²) in [7, 11) is -1.30. The zero-order chi connectivity index (χ0) is 19.5. The first-order chi connectivity index (χ1) is 12.8. The van der Waals surface area contributed by atoms with Crippen LogP contribution in [0, 0.1) is 0 Å². The van der Waals surface area contributed by atoms with Crippen LogP contribution in [-0.2, 0) is 5.41 Å². The molecule has 0 saturated heterocycles. The number of allylic oxidation sites excluding steroid dienone is 3. The molecule has 2 heteroatoms. The van der Waals surface area contributed by atoms with Crippen LogP contribution in [0.25, 0.3) is 6.08 Å². The fourth-order valence-corrected chi connectivity index (χ4v) is 6.03. The zero-order valence-corrected chi connectivity index (χ0v) is 17.6. The zero-order valence-electron chi connectivity index (χ0n) is 16.8. The van der Waals surface area contributed by atoms with E-state index in [1.165, 1.54) is 20.9 Å². The van der Waals surface area contributed by atoms with Gasteiger partial charge in [0.25, 0.3) is 0 Å². The third-order valence-electron chi connectivity index (χ3n) is 5.12. The first kappa shape index (κ1) is 19.7. The second-order valence-electron chi connectivity index (χ2n) is 8.17. The normalized spacial score (nSPS) is 22.0. The monoisotopic (exact) mass is 378 g/mol. The molecule has 27 heavy (non-hydrogen) atoms. The Hall–Kier alpha value is -2.03. The summed E-state index contributed by atoms with van der Waals surface area (Å²) in [5.41, 5.74) is 3.92. The number of hydrogen-bond donors (Lipinski definition) is 1. The fourth-order valence-electron chi connectivity index (χ4n) is 3.39. The quantitative estimate of drug-likeness (QED) is 0.631. The SMILES string of the molecule is CC(C)(C)c1ccc(S2(C)C=CC=C(CCO)C=Cc3ccccc32)cc1. The summed E-state index contributed by atoms with van der Waals surface area (Å²) >= 11 is 0. The Kier molecular flexibility index (Phi) is 5.78. The van der Waals surface area contributed by atoms with E-state index in [1.54, 1.807) is 0 Å². The molecule has 0 radical (unpaired) electrons. The van der Waals surface area contributed by atoms with Crippen molar-refractivity contribution in [2.75, 3.05) is 12.9 Å². The van der Waals surface area contributed by atoms with Gasteiger partial charge in [-0.1, -0.05) is 75.4 Å². The highest BCUT2D eigenvalue weighted by Crippen LogP contribution is 2.62. The predicted molar refractivity (Wildman–Crippen MR) is 120 cm³/mol. The van der Waals surface area contributed by atoms with Crippen molar-refractivity contribution in [2.45, 2.75) is 42.4 Å². The molecule has 1 heterocycles. The maximum absolute atomic E-state index is 9.32. The van der Waals surface area contributed by atoms with Crippen molar-refractivity contribution in [2.24, 2.45) is 0 Å². The minimum atomic E-state index is -1.30. The maximum atomic E-state index is 9.32. The van der Waals surface area contributed by atoms with Crippen LogP contribution in [0.2, 0.25) is 0 Å². The molecule has 0 amide bonds. The largest absolute Gasteiger partial charge is 0.396 e. The van der Waals surface area contributed by atoms with Gasteiger partial charge < -0.3 is 5.11 Å². The smallest absolute Gasteiger partial charge is 0.0471 e. The van der Waals surface area contributed by atoms with Crippen molar-refractivity contribution in [3.8, 4) is 0 Å². The Labute approximate surface area is 165 Å². The molecule has 0 bridgehead atoms. The van der Waals surface area contributed by atoms with E-state index >= 15 is 0 Å². The summed E-state index contributed by atoms with van der Waals surface area (Å²) in [6, 6.07) is 17.8. The summed E-state index contributed by atoms with van der Waals surface area (Å²) in [6.45, 7) is 6.93. The Balaban J connectivity index is 2.14. The standard InChI is InChI=1S/C25H30OS/c1-25(2,3)22-13-15-23(16-14-22)27(4)19-7-8-20(17-18-26)11-12-21-9-5-6-10-24(21)27/h5-16,19,26H,17-18H2,1-4H3. The van der Waals surface area contributed by atoms with Gasteiger partial charge in [-0.05, 0) is 63.3 Å². The second kappa shape index (κ2) is 7.92. The molecule has 2 aromatic rings. The van der Waals surface area contributed by atoms with E-state index in [0.717, 1.165) is 5.57 Å². The van der Waals surface area contributed by atoms with Crippen LogP contribution >= 0.6 is 10.0 Å². The summed E-state index contributed by atoms with van der Waals surface area (Å²) in [4.78, 5) is 2.74. The molecule has 0 fully saturated rings. The molecule has 0 saturated carbocycles. The van der Waals surface area contributed by atoms with Crippen LogP contribution in [-0.4, -0.2) is 18.0 Å². The Morgan fingerprint density at radius 3 is 2.30 bits per heavy atom. The van der Waals surface area contributed by atoms with E-state index in [0.29, 0.717) is 6.42 Å². The molecule has 3 rings (SSSR count). The lowest BCUT2D eigenvalue weighted by Gasteiger charge is -2.35. The lowest BCUT2D eigenvalue weighted by Crippen LogP contribution is -2.11. The van der Waals surface area contributed by atoms with Gasteiger partial charge in [0.1, 0.15) is 0 Å². The Morgan fingerprint density at radius 1 is 0.926 bits per heavy atom. The Bertz CT molecular complexity index is 881. The molecule has 1 atom stereocenters. The molecule has 142 valence electrons. The predicted octanol–water partition coefficient (Wildman–Crippen LogP) is 6.69. The lowest BCUT2D eigenvalue weighted by atomic mass is 9.87. The highest BCUT2D eigenvalue weighted by atomic mass is 32.3. The number of aliphatic hydroxyl groups excluding tert-OH is 1. The number of aliphatic hydroxyl groups is 1. The molecule has 1 unspecified atom stereocenters. The minimum Gasteiger partial charge on any atom is -0.396 e. The van der Waals surface area contributed by atoms with Gasteiger partial charge in [0.15, 0.2) is 0 Å². The third-order valence-corrected chi connectivity index (χ3v) is 8.36. The maximum Gasteiger partial charge on any atom is 0.0471 e. The molecule has 1 nitrogen and oxygen atoms in total. The van der Waals surface area contributed by atoms with E-state index in [9.17, 15) is 5.11 Å². The van der Waals surface area contributed by atoms with Gasteiger partial charge in [0.05, 0.1) is 0 Å². The van der Waals surface area contributed by atoms with Crippen molar-refractivity contribution in [1.82, 2.24) is 0 Å². The first-order valence-corrected chi connectivity index (χ1v) is 11.6. The van der Waals surface area contributed by atoms with E-state index in [1.807, 2.05) is 0 Å².